The van der Waals surface area contributed by atoms with E-state index in [0.717, 1.165) is 25.7 Å². The summed E-state index contributed by atoms with van der Waals surface area (Å²) in [6.07, 6.45) is 5.56. The molecule has 1 aliphatic rings. The summed E-state index contributed by atoms with van der Waals surface area (Å²) in [7, 11) is 0. The highest BCUT2D eigenvalue weighted by atomic mass is 32.1. The molecule has 1 aromatic rings. The van der Waals surface area contributed by atoms with E-state index in [0.29, 0.717) is 11.7 Å². The molecule has 1 saturated carbocycles. The number of carbonyl (C=O) groups is 2. The molecular weight excluding hydrogens is 262 g/mol. The summed E-state index contributed by atoms with van der Waals surface area (Å²) in [4.78, 5) is 29.8. The van der Waals surface area contributed by atoms with Gasteiger partial charge in [-0.25, -0.2) is 4.98 Å². The van der Waals surface area contributed by atoms with Gasteiger partial charge in [-0.3, -0.25) is 9.59 Å². The molecule has 1 heterocycles. The van der Waals surface area contributed by atoms with Crippen molar-refractivity contribution in [1.82, 2.24) is 9.88 Å². The third kappa shape index (κ3) is 3.76. The van der Waals surface area contributed by atoms with Crippen LogP contribution in [-0.2, 0) is 9.59 Å². The standard InChI is InChI=1S/C13H19N3O2S/c1-2-7-16(12(18)10-4-3-5-10)9-11(17)15-13-14-6-8-19-13/h6,8,10H,2-5,7,9H2,1H3,(H,14,15,17). The number of carbonyl (C=O) groups excluding carboxylic acids is 2. The molecule has 0 spiro atoms. The van der Waals surface area contributed by atoms with Gasteiger partial charge in [-0.15, -0.1) is 11.3 Å². The molecule has 0 unspecified atom stereocenters. The topological polar surface area (TPSA) is 62.3 Å². The van der Waals surface area contributed by atoms with Crippen LogP contribution in [0.25, 0.3) is 0 Å². The van der Waals surface area contributed by atoms with Crippen molar-refractivity contribution in [1.29, 1.82) is 0 Å². The lowest BCUT2D eigenvalue weighted by molar-refractivity contribution is -0.140. The Balaban J connectivity index is 1.88. The van der Waals surface area contributed by atoms with E-state index in [1.807, 2.05) is 6.92 Å². The van der Waals surface area contributed by atoms with Crippen molar-refractivity contribution in [3.8, 4) is 0 Å². The molecule has 2 rings (SSSR count). The molecule has 1 aliphatic carbocycles. The zero-order valence-corrected chi connectivity index (χ0v) is 11.9. The van der Waals surface area contributed by atoms with E-state index in [1.54, 1.807) is 16.5 Å². The molecule has 0 aliphatic heterocycles. The number of nitrogens with zero attached hydrogens (tertiary/aromatic N) is 2. The van der Waals surface area contributed by atoms with Crippen molar-refractivity contribution in [3.05, 3.63) is 11.6 Å². The Hall–Kier alpha value is -1.43. The van der Waals surface area contributed by atoms with Gasteiger partial charge >= 0.3 is 0 Å². The van der Waals surface area contributed by atoms with E-state index in [1.165, 1.54) is 11.3 Å². The molecule has 0 bridgehead atoms. The number of hydrogen-bond acceptors (Lipinski definition) is 4. The van der Waals surface area contributed by atoms with E-state index in [4.69, 9.17) is 0 Å². The number of aromatic nitrogens is 1. The highest BCUT2D eigenvalue weighted by Gasteiger charge is 2.29. The molecule has 104 valence electrons. The second-order valence-corrected chi connectivity index (χ2v) is 5.67. The van der Waals surface area contributed by atoms with Crippen molar-refractivity contribution in [2.45, 2.75) is 32.6 Å². The summed E-state index contributed by atoms with van der Waals surface area (Å²) in [5, 5.41) is 5.10. The summed E-state index contributed by atoms with van der Waals surface area (Å²) in [5.41, 5.74) is 0. The van der Waals surface area contributed by atoms with Crippen LogP contribution < -0.4 is 5.32 Å². The monoisotopic (exact) mass is 281 g/mol. The first-order chi connectivity index (χ1) is 9.20. The number of hydrogen-bond donors (Lipinski definition) is 1. The molecule has 6 heteroatoms. The molecule has 0 saturated heterocycles. The molecule has 1 N–H and O–H groups in total. The smallest absolute Gasteiger partial charge is 0.245 e. The van der Waals surface area contributed by atoms with Crippen molar-refractivity contribution in [2.75, 3.05) is 18.4 Å². The van der Waals surface area contributed by atoms with E-state index >= 15 is 0 Å². The molecule has 0 aromatic carbocycles. The molecule has 2 amide bonds. The quantitative estimate of drug-likeness (QED) is 0.868. The summed E-state index contributed by atoms with van der Waals surface area (Å²) >= 11 is 1.38. The molecule has 5 nitrogen and oxygen atoms in total. The Kier molecular flexibility index (Phi) is 4.90. The number of nitrogens with one attached hydrogen (secondary N) is 1. The van der Waals surface area contributed by atoms with Crippen LogP contribution in [0.5, 0.6) is 0 Å². The average Bonchev–Trinajstić information content (AvgIpc) is 2.78. The van der Waals surface area contributed by atoms with Crippen molar-refractivity contribution in [2.24, 2.45) is 5.92 Å². The predicted octanol–water partition coefficient (Wildman–Crippen LogP) is 2.12. The SMILES string of the molecule is CCCN(CC(=O)Nc1nccs1)C(=O)C1CCC1. The zero-order valence-electron chi connectivity index (χ0n) is 11.1. The summed E-state index contributed by atoms with van der Waals surface area (Å²) in [6.45, 7) is 2.78. The molecule has 1 aromatic heterocycles. The lowest BCUT2D eigenvalue weighted by Crippen LogP contribution is -2.43. The third-order valence-electron chi connectivity index (χ3n) is 3.27. The minimum atomic E-state index is -0.170. The van der Waals surface area contributed by atoms with Gasteiger partial charge in [0.05, 0.1) is 6.54 Å². The number of amides is 2. The zero-order chi connectivity index (χ0) is 13.7. The summed E-state index contributed by atoms with van der Waals surface area (Å²) in [6, 6.07) is 0. The van der Waals surface area contributed by atoms with Crippen LogP contribution in [0.4, 0.5) is 5.13 Å². The molecule has 1 fully saturated rings. The minimum absolute atomic E-state index is 0.127. The van der Waals surface area contributed by atoms with Gasteiger partial charge in [0.1, 0.15) is 0 Å². The molecule has 19 heavy (non-hydrogen) atoms. The maximum atomic E-state index is 12.2. The average molecular weight is 281 g/mol. The van der Waals surface area contributed by atoms with Gasteiger partial charge in [0.15, 0.2) is 5.13 Å². The Bertz CT molecular complexity index is 429. The fraction of sp³-hybridized carbons (Fsp3) is 0.615. The van der Waals surface area contributed by atoms with Gasteiger partial charge in [0.25, 0.3) is 0 Å². The second kappa shape index (κ2) is 6.65. The fourth-order valence-corrected chi connectivity index (χ4v) is 2.61. The largest absolute Gasteiger partial charge is 0.333 e. The van der Waals surface area contributed by atoms with Gasteiger partial charge in [0.2, 0.25) is 11.8 Å². The van der Waals surface area contributed by atoms with Crippen LogP contribution in [-0.4, -0.2) is 34.8 Å². The number of rotatable bonds is 6. The Morgan fingerprint density at radius 1 is 1.53 bits per heavy atom. The lowest BCUT2D eigenvalue weighted by atomic mass is 9.84. The summed E-state index contributed by atoms with van der Waals surface area (Å²) in [5.74, 6) is 0.0951. The number of anilines is 1. The third-order valence-corrected chi connectivity index (χ3v) is 3.96. The maximum absolute atomic E-state index is 12.2. The first kappa shape index (κ1) is 14.0. The van der Waals surface area contributed by atoms with E-state index in [-0.39, 0.29) is 24.3 Å². The summed E-state index contributed by atoms with van der Waals surface area (Å²) < 4.78 is 0. The van der Waals surface area contributed by atoms with E-state index in [2.05, 4.69) is 10.3 Å². The second-order valence-electron chi connectivity index (χ2n) is 4.77. The first-order valence-corrected chi connectivity index (χ1v) is 7.56. The fourth-order valence-electron chi connectivity index (χ4n) is 2.07. The maximum Gasteiger partial charge on any atom is 0.245 e. The van der Waals surface area contributed by atoms with Crippen LogP contribution in [0, 0.1) is 5.92 Å². The van der Waals surface area contributed by atoms with Gasteiger partial charge in [0, 0.05) is 24.0 Å². The minimum Gasteiger partial charge on any atom is -0.333 e. The van der Waals surface area contributed by atoms with Crippen molar-refractivity contribution >= 4 is 28.3 Å². The Morgan fingerprint density at radius 2 is 2.32 bits per heavy atom. The highest BCUT2D eigenvalue weighted by Crippen LogP contribution is 2.28. The van der Waals surface area contributed by atoms with Gasteiger partial charge in [-0.1, -0.05) is 13.3 Å². The Morgan fingerprint density at radius 3 is 2.84 bits per heavy atom. The van der Waals surface area contributed by atoms with Crippen LogP contribution in [0.3, 0.4) is 0 Å². The van der Waals surface area contributed by atoms with Gasteiger partial charge in [-0.05, 0) is 19.3 Å². The molecule has 0 atom stereocenters. The van der Waals surface area contributed by atoms with E-state index < -0.39 is 0 Å². The van der Waals surface area contributed by atoms with Gasteiger partial charge in [-0.2, -0.15) is 0 Å². The molecular formula is C13H19N3O2S. The highest BCUT2D eigenvalue weighted by molar-refractivity contribution is 7.13. The van der Waals surface area contributed by atoms with E-state index in [9.17, 15) is 9.59 Å². The Labute approximate surface area is 117 Å². The predicted molar refractivity (Wildman–Crippen MR) is 75.0 cm³/mol. The van der Waals surface area contributed by atoms with Crippen LogP contribution in [0.2, 0.25) is 0 Å². The first-order valence-electron chi connectivity index (χ1n) is 6.69. The normalized spacial score (nSPS) is 14.8. The molecule has 0 radical (unpaired) electrons. The van der Waals surface area contributed by atoms with Crippen LogP contribution in [0.1, 0.15) is 32.6 Å². The number of thiazole rings is 1. The van der Waals surface area contributed by atoms with Crippen LogP contribution in [0.15, 0.2) is 11.6 Å². The van der Waals surface area contributed by atoms with Crippen LogP contribution >= 0.6 is 11.3 Å². The van der Waals surface area contributed by atoms with Crippen molar-refractivity contribution in [3.63, 3.8) is 0 Å². The van der Waals surface area contributed by atoms with Crippen molar-refractivity contribution < 1.29 is 9.59 Å². The lowest BCUT2D eigenvalue weighted by Gasteiger charge is -2.31. The van der Waals surface area contributed by atoms with Gasteiger partial charge < -0.3 is 10.2 Å².